The van der Waals surface area contributed by atoms with Gasteiger partial charge >= 0.3 is 0 Å². The average molecular weight is 878 g/mol. The first kappa shape index (κ1) is 38.4. The summed E-state index contributed by atoms with van der Waals surface area (Å²) in [5.41, 5.74) is 20.3. The molecule has 1 nitrogen and oxygen atoms in total. The molecule has 0 unspecified atom stereocenters. The van der Waals surface area contributed by atoms with Gasteiger partial charge in [-0.15, -0.1) is 11.3 Å². The third-order valence-electron chi connectivity index (χ3n) is 17.6. The number of benzene rings is 9. The predicted octanol–water partition coefficient (Wildman–Crippen LogP) is 18.0. The molecule has 6 aliphatic rings. The van der Waals surface area contributed by atoms with Crippen LogP contribution in [0.2, 0.25) is 0 Å². The van der Waals surface area contributed by atoms with Crippen LogP contribution in [0.3, 0.4) is 0 Å². The first-order chi connectivity index (χ1) is 33.0. The van der Waals surface area contributed by atoms with Gasteiger partial charge in [-0.1, -0.05) is 172 Å². The fraction of sp³-hybridized carbons (Fsp3) is 0.200. The summed E-state index contributed by atoms with van der Waals surface area (Å²) in [7, 11) is 0. The van der Waals surface area contributed by atoms with Crippen molar-refractivity contribution in [1.82, 2.24) is 0 Å². The Bertz CT molecular complexity index is 3690. The molecule has 0 saturated heterocycles. The number of para-hydroxylation sites is 2. The molecule has 1 aromatic heterocycles. The molecule has 1 spiro atoms. The second-order valence-electron chi connectivity index (χ2n) is 21.2. The van der Waals surface area contributed by atoms with Crippen LogP contribution in [0.4, 0.5) is 17.1 Å². The number of hydrogen-bond donors (Lipinski definition) is 0. The van der Waals surface area contributed by atoms with Crippen LogP contribution in [-0.2, 0) is 10.8 Å². The zero-order chi connectivity index (χ0) is 44.2. The van der Waals surface area contributed by atoms with E-state index in [0.717, 1.165) is 11.8 Å². The lowest BCUT2D eigenvalue weighted by atomic mass is 9.43. The van der Waals surface area contributed by atoms with Crippen molar-refractivity contribution in [3.8, 4) is 44.5 Å². The van der Waals surface area contributed by atoms with Gasteiger partial charge in [-0.3, -0.25) is 0 Å². The predicted molar refractivity (Wildman–Crippen MR) is 283 cm³/mol. The van der Waals surface area contributed by atoms with Crippen LogP contribution in [0.5, 0.6) is 0 Å². The number of rotatable bonds is 5. The van der Waals surface area contributed by atoms with Crippen molar-refractivity contribution < 1.29 is 0 Å². The molecule has 4 bridgehead atoms. The molecule has 4 fully saturated rings. The van der Waals surface area contributed by atoms with E-state index in [9.17, 15) is 0 Å². The average Bonchev–Trinajstić information content (AvgIpc) is 3.98. The third kappa shape index (κ3) is 5.15. The van der Waals surface area contributed by atoms with E-state index in [1.54, 1.807) is 11.1 Å². The summed E-state index contributed by atoms with van der Waals surface area (Å²) in [5, 5.41) is 5.29. The van der Waals surface area contributed by atoms with Crippen LogP contribution >= 0.6 is 11.3 Å². The Labute approximate surface area is 397 Å². The lowest BCUT2D eigenvalue weighted by Crippen LogP contribution is -2.55. The molecule has 1 heterocycles. The summed E-state index contributed by atoms with van der Waals surface area (Å²) in [5.74, 6) is 3.15. The van der Waals surface area contributed by atoms with Crippen molar-refractivity contribution in [2.75, 3.05) is 4.90 Å². The van der Waals surface area contributed by atoms with Crippen molar-refractivity contribution in [3.63, 3.8) is 0 Å². The van der Waals surface area contributed by atoms with Gasteiger partial charge in [0.05, 0.1) is 11.4 Å². The van der Waals surface area contributed by atoms with Crippen molar-refractivity contribution in [1.29, 1.82) is 0 Å². The SMILES string of the molecule is CC1(C)c2ccccc2-c2cccc(-c3ccccc3N(c3ccc4c(c3)C3(c5ccccc5-4)C4CC5CC(C4)CC3C5)c3ccccc3-c3cccc4sc5c6ccccc6ccc5c34)c21. The lowest BCUT2D eigenvalue weighted by molar-refractivity contribution is -0.0399. The Balaban J connectivity index is 1.00. The smallest absolute Gasteiger partial charge is 0.0540 e. The summed E-state index contributed by atoms with van der Waals surface area (Å²) in [6, 6.07) is 72.4. The van der Waals surface area contributed by atoms with Crippen LogP contribution in [0.25, 0.3) is 75.5 Å². The molecule has 10 aromatic rings. The number of anilines is 3. The molecule has 16 rings (SSSR count). The van der Waals surface area contributed by atoms with Crippen LogP contribution < -0.4 is 4.90 Å². The highest BCUT2D eigenvalue weighted by Crippen LogP contribution is 2.70. The number of nitrogens with zero attached hydrogens (tertiary/aromatic N) is 1. The van der Waals surface area contributed by atoms with Crippen molar-refractivity contribution in [2.45, 2.75) is 56.8 Å². The molecular weight excluding hydrogens is 827 g/mol. The van der Waals surface area contributed by atoms with E-state index in [0.29, 0.717) is 11.8 Å². The van der Waals surface area contributed by atoms with E-state index in [2.05, 4.69) is 207 Å². The molecular formula is C65H51NS. The van der Waals surface area contributed by atoms with Gasteiger partial charge < -0.3 is 4.90 Å². The van der Waals surface area contributed by atoms with Gasteiger partial charge in [0.1, 0.15) is 0 Å². The molecule has 322 valence electrons. The van der Waals surface area contributed by atoms with Crippen LogP contribution in [-0.4, -0.2) is 0 Å². The zero-order valence-corrected chi connectivity index (χ0v) is 38.9. The highest BCUT2D eigenvalue weighted by molar-refractivity contribution is 7.26. The molecule has 0 radical (unpaired) electrons. The molecule has 9 aromatic carbocycles. The van der Waals surface area contributed by atoms with Gasteiger partial charge in [0.15, 0.2) is 0 Å². The number of thiophene rings is 1. The topological polar surface area (TPSA) is 3.24 Å². The second kappa shape index (κ2) is 13.9. The minimum absolute atomic E-state index is 0.0556. The van der Waals surface area contributed by atoms with Crippen molar-refractivity contribution in [2.24, 2.45) is 23.7 Å². The number of fused-ring (bicyclic) bond motifs is 11. The third-order valence-corrected chi connectivity index (χ3v) is 18.8. The van der Waals surface area contributed by atoms with Gasteiger partial charge in [-0.05, 0) is 153 Å². The second-order valence-corrected chi connectivity index (χ2v) is 22.2. The molecule has 0 atom stereocenters. The molecule has 0 amide bonds. The zero-order valence-electron chi connectivity index (χ0n) is 38.1. The first-order valence-corrected chi connectivity index (χ1v) is 25.6. The molecule has 0 aliphatic heterocycles. The normalized spacial score (nSPS) is 22.4. The minimum atomic E-state index is -0.163. The maximum Gasteiger partial charge on any atom is 0.0540 e. The molecule has 0 N–H and O–H groups in total. The molecule has 67 heavy (non-hydrogen) atoms. The largest absolute Gasteiger partial charge is 0.309 e. The van der Waals surface area contributed by atoms with Crippen LogP contribution in [0, 0.1) is 23.7 Å². The van der Waals surface area contributed by atoms with Gasteiger partial charge in [0, 0.05) is 47.8 Å². The molecule has 4 saturated carbocycles. The van der Waals surface area contributed by atoms with Crippen molar-refractivity contribution in [3.05, 3.63) is 210 Å². The lowest BCUT2D eigenvalue weighted by Gasteiger charge is -2.61. The van der Waals surface area contributed by atoms with E-state index in [1.807, 2.05) is 11.3 Å². The Morgan fingerprint density at radius 2 is 0.985 bits per heavy atom. The van der Waals surface area contributed by atoms with E-state index in [1.165, 1.54) is 136 Å². The van der Waals surface area contributed by atoms with Crippen LogP contribution in [0.1, 0.15) is 68.2 Å². The molecule has 6 aliphatic carbocycles. The Morgan fingerprint density at radius 3 is 1.73 bits per heavy atom. The quantitative estimate of drug-likeness (QED) is 0.166. The summed E-state index contributed by atoms with van der Waals surface area (Å²) in [4.78, 5) is 2.66. The summed E-state index contributed by atoms with van der Waals surface area (Å²) >= 11 is 1.93. The van der Waals surface area contributed by atoms with Gasteiger partial charge in [0.25, 0.3) is 0 Å². The van der Waals surface area contributed by atoms with Gasteiger partial charge in [-0.25, -0.2) is 0 Å². The summed E-state index contributed by atoms with van der Waals surface area (Å²) in [6.45, 7) is 4.85. The minimum Gasteiger partial charge on any atom is -0.309 e. The van der Waals surface area contributed by atoms with E-state index < -0.39 is 0 Å². The summed E-state index contributed by atoms with van der Waals surface area (Å²) in [6.07, 6.45) is 6.92. The van der Waals surface area contributed by atoms with E-state index in [-0.39, 0.29) is 10.8 Å². The number of hydrogen-bond acceptors (Lipinski definition) is 2. The fourth-order valence-electron chi connectivity index (χ4n) is 15.3. The monoisotopic (exact) mass is 877 g/mol. The maximum absolute atomic E-state index is 2.69. The Kier molecular flexibility index (Phi) is 7.97. The molecule has 2 heteroatoms. The Hall–Kier alpha value is -6.74. The van der Waals surface area contributed by atoms with Crippen LogP contribution in [0.15, 0.2) is 188 Å². The standard InChI is InChI=1S/C65H51NS/c1-64(2)55-24-9-5-18-47(55)52-22-13-23-53(62(52)64)50-20-8-12-27-59(50)66(44-30-32-48-46-17-6-10-25-56(46)65(57(48)38-44)42-34-39-33-40(36-42)37-43(65)35-39)58-26-11-7-19-49(58)51-21-14-28-60-61(51)54-31-29-41-15-3-4-16-45(41)63(54)67-60/h3-32,38-40,42-43H,33-37H2,1-2H3. The van der Waals surface area contributed by atoms with E-state index >= 15 is 0 Å². The Morgan fingerprint density at radius 1 is 0.433 bits per heavy atom. The highest BCUT2D eigenvalue weighted by atomic mass is 32.1. The van der Waals surface area contributed by atoms with Crippen molar-refractivity contribution >= 4 is 59.3 Å². The summed E-state index contributed by atoms with van der Waals surface area (Å²) < 4.78 is 2.69. The van der Waals surface area contributed by atoms with E-state index in [4.69, 9.17) is 0 Å². The van der Waals surface area contributed by atoms with Gasteiger partial charge in [0.2, 0.25) is 0 Å². The fourth-order valence-corrected chi connectivity index (χ4v) is 16.6. The highest BCUT2D eigenvalue weighted by Gasteiger charge is 2.61. The van der Waals surface area contributed by atoms with Gasteiger partial charge in [-0.2, -0.15) is 0 Å². The first-order valence-electron chi connectivity index (χ1n) is 24.8. The maximum atomic E-state index is 2.69.